The summed E-state index contributed by atoms with van der Waals surface area (Å²) in [6, 6.07) is 9.70. The Hall–Kier alpha value is -4.15. The van der Waals surface area contributed by atoms with E-state index in [2.05, 4.69) is 20.1 Å². The number of halogens is 3. The molecule has 0 saturated heterocycles. The van der Waals surface area contributed by atoms with Gasteiger partial charge in [-0.3, -0.25) is 19.6 Å². The van der Waals surface area contributed by atoms with E-state index in [0.717, 1.165) is 0 Å². The molecule has 0 atom stereocenters. The van der Waals surface area contributed by atoms with Crippen LogP contribution in [0.4, 0.5) is 19.1 Å². The number of nitrogens with two attached hydrogens (primary N) is 1. The summed E-state index contributed by atoms with van der Waals surface area (Å²) in [5.41, 5.74) is 7.51. The van der Waals surface area contributed by atoms with Crippen molar-refractivity contribution in [1.29, 1.82) is 0 Å². The third-order valence-electron chi connectivity index (χ3n) is 5.06. The highest BCUT2D eigenvalue weighted by molar-refractivity contribution is 5.85. The zero-order chi connectivity index (χ0) is 24.4. The van der Waals surface area contributed by atoms with Crippen molar-refractivity contribution in [2.45, 2.75) is 33.4 Å². The molecule has 0 radical (unpaired) electrons. The van der Waals surface area contributed by atoms with Crippen molar-refractivity contribution in [2.24, 2.45) is 0 Å². The first-order chi connectivity index (χ1) is 16.2. The lowest BCUT2D eigenvalue weighted by atomic mass is 9.99. The van der Waals surface area contributed by atoms with Crippen LogP contribution in [0, 0.1) is 12.7 Å². The van der Waals surface area contributed by atoms with Gasteiger partial charge in [-0.2, -0.15) is 4.98 Å². The zero-order valence-corrected chi connectivity index (χ0v) is 18.3. The lowest BCUT2D eigenvalue weighted by Crippen LogP contribution is -2.10. The van der Waals surface area contributed by atoms with Gasteiger partial charge in [0.15, 0.2) is 0 Å². The lowest BCUT2D eigenvalue weighted by molar-refractivity contribution is 0.146. The number of hydrogen-bond acceptors (Lipinski definition) is 6. The Morgan fingerprint density at radius 1 is 1.09 bits per heavy atom. The van der Waals surface area contributed by atoms with Crippen molar-refractivity contribution in [3.8, 4) is 28.3 Å². The number of ether oxygens (including phenoxy) is 1. The predicted molar refractivity (Wildman–Crippen MR) is 120 cm³/mol. The van der Waals surface area contributed by atoms with Crippen LogP contribution in [0.15, 0.2) is 47.3 Å². The fourth-order valence-corrected chi connectivity index (χ4v) is 3.60. The number of rotatable bonds is 7. The fourth-order valence-electron chi connectivity index (χ4n) is 3.60. The molecule has 0 spiro atoms. The number of alkyl halides is 2. The number of pyridine rings is 1. The van der Waals surface area contributed by atoms with Crippen LogP contribution in [-0.2, 0) is 13.2 Å². The summed E-state index contributed by atoms with van der Waals surface area (Å²) in [4.78, 5) is 24.1. The number of nitrogens with zero attached hydrogens (tertiary/aromatic N) is 4. The second-order valence-corrected chi connectivity index (χ2v) is 7.48. The van der Waals surface area contributed by atoms with Gasteiger partial charge in [-0.15, -0.1) is 0 Å². The Bertz CT molecular complexity index is 1380. The van der Waals surface area contributed by atoms with Gasteiger partial charge < -0.3 is 10.5 Å². The molecule has 0 saturated carbocycles. The summed E-state index contributed by atoms with van der Waals surface area (Å²) < 4.78 is 48.1. The van der Waals surface area contributed by atoms with Crippen LogP contribution in [0.3, 0.4) is 0 Å². The number of hydrogen-bond donors (Lipinski definition) is 2. The average Bonchev–Trinajstić information content (AvgIpc) is 3.16. The van der Waals surface area contributed by atoms with Crippen LogP contribution in [0.5, 0.6) is 5.88 Å². The number of anilines is 1. The summed E-state index contributed by atoms with van der Waals surface area (Å²) in [5, 5.41) is 2.65. The van der Waals surface area contributed by atoms with Crippen molar-refractivity contribution in [1.82, 2.24) is 24.7 Å². The van der Waals surface area contributed by atoms with Crippen molar-refractivity contribution in [3.63, 3.8) is 0 Å². The largest absolute Gasteiger partial charge is 0.471 e. The molecular formula is C23H21F3N6O2. The molecule has 0 fully saturated rings. The number of aromatic nitrogens is 5. The lowest BCUT2D eigenvalue weighted by Gasteiger charge is -2.17. The van der Waals surface area contributed by atoms with E-state index < -0.39 is 17.9 Å². The van der Waals surface area contributed by atoms with Gasteiger partial charge in [0.1, 0.15) is 18.1 Å². The minimum Gasteiger partial charge on any atom is -0.471 e. The molecular weight excluding hydrogens is 449 g/mol. The number of benzene rings is 1. The summed E-state index contributed by atoms with van der Waals surface area (Å²) >= 11 is 0. The molecule has 0 amide bonds. The molecule has 176 valence electrons. The molecule has 0 aliphatic carbocycles. The molecule has 0 bridgehead atoms. The molecule has 0 unspecified atom stereocenters. The van der Waals surface area contributed by atoms with E-state index in [1.54, 1.807) is 17.7 Å². The normalized spacial score (nSPS) is 11.2. The third-order valence-corrected chi connectivity index (χ3v) is 5.06. The molecule has 4 aromatic rings. The topological polar surface area (TPSA) is 112 Å². The van der Waals surface area contributed by atoms with E-state index in [9.17, 15) is 18.0 Å². The first-order valence-corrected chi connectivity index (χ1v) is 10.4. The average molecular weight is 470 g/mol. The molecule has 0 aliphatic heterocycles. The maximum Gasteiger partial charge on any atom is 0.280 e. The minimum atomic E-state index is -2.80. The molecule has 8 nitrogen and oxygen atoms in total. The van der Waals surface area contributed by atoms with Gasteiger partial charge >= 0.3 is 0 Å². The Morgan fingerprint density at radius 3 is 2.50 bits per heavy atom. The SMILES string of the molecule is CCn1[nH]c(=O)cc1COc1nc(N)nc(-c2ccc(F)cc2)c1-c1cc(C)nc(C(F)F)c1. The van der Waals surface area contributed by atoms with Crippen LogP contribution < -0.4 is 16.0 Å². The molecule has 1 aromatic carbocycles. The molecule has 4 rings (SSSR count). The summed E-state index contributed by atoms with van der Waals surface area (Å²) in [6.07, 6.45) is -2.80. The Labute approximate surface area is 192 Å². The van der Waals surface area contributed by atoms with Crippen molar-refractivity contribution in [3.05, 3.63) is 75.7 Å². The number of aryl methyl sites for hydroxylation is 2. The second-order valence-electron chi connectivity index (χ2n) is 7.48. The fraction of sp³-hybridized carbons (Fsp3) is 0.217. The first-order valence-electron chi connectivity index (χ1n) is 10.4. The van der Waals surface area contributed by atoms with Gasteiger partial charge in [0.05, 0.1) is 17.0 Å². The highest BCUT2D eigenvalue weighted by Crippen LogP contribution is 2.39. The van der Waals surface area contributed by atoms with E-state index in [1.807, 2.05) is 6.92 Å². The van der Waals surface area contributed by atoms with Gasteiger partial charge in [-0.05, 0) is 55.8 Å². The van der Waals surface area contributed by atoms with Crippen molar-refractivity contribution in [2.75, 3.05) is 5.73 Å². The van der Waals surface area contributed by atoms with Crippen LogP contribution in [0.1, 0.15) is 30.4 Å². The van der Waals surface area contributed by atoms with Gasteiger partial charge in [-0.1, -0.05) is 0 Å². The monoisotopic (exact) mass is 470 g/mol. The maximum absolute atomic E-state index is 13.6. The predicted octanol–water partition coefficient (Wildman–Crippen LogP) is 4.26. The third kappa shape index (κ3) is 4.77. The molecule has 0 aliphatic rings. The smallest absolute Gasteiger partial charge is 0.280 e. The molecule has 3 aromatic heterocycles. The van der Waals surface area contributed by atoms with Crippen molar-refractivity contribution < 1.29 is 17.9 Å². The Kier molecular flexibility index (Phi) is 6.35. The van der Waals surface area contributed by atoms with Crippen molar-refractivity contribution >= 4 is 5.95 Å². The van der Waals surface area contributed by atoms with E-state index in [0.29, 0.717) is 29.1 Å². The summed E-state index contributed by atoms with van der Waals surface area (Å²) in [6.45, 7) is 3.89. The highest BCUT2D eigenvalue weighted by atomic mass is 19.3. The minimum absolute atomic E-state index is 0.0222. The molecule has 11 heteroatoms. The van der Waals surface area contributed by atoms with Gasteiger partial charge in [0, 0.05) is 23.9 Å². The second kappa shape index (κ2) is 9.38. The van der Waals surface area contributed by atoms with Crippen LogP contribution in [0.25, 0.3) is 22.4 Å². The van der Waals surface area contributed by atoms with E-state index in [-0.39, 0.29) is 35.3 Å². The number of nitrogen functional groups attached to an aromatic ring is 1. The molecule has 3 heterocycles. The van der Waals surface area contributed by atoms with E-state index >= 15 is 0 Å². The Morgan fingerprint density at radius 2 is 1.82 bits per heavy atom. The van der Waals surface area contributed by atoms with Crippen LogP contribution in [0.2, 0.25) is 0 Å². The zero-order valence-electron chi connectivity index (χ0n) is 18.3. The quantitative estimate of drug-likeness (QED) is 0.417. The van der Waals surface area contributed by atoms with Gasteiger partial charge in [0.25, 0.3) is 12.0 Å². The Balaban J connectivity index is 1.90. The molecule has 34 heavy (non-hydrogen) atoms. The number of H-pyrrole nitrogens is 1. The first kappa shape index (κ1) is 23.0. The maximum atomic E-state index is 13.6. The summed E-state index contributed by atoms with van der Waals surface area (Å²) in [5.74, 6) is -0.553. The van der Waals surface area contributed by atoms with Crippen LogP contribution >= 0.6 is 0 Å². The van der Waals surface area contributed by atoms with Gasteiger partial charge in [0.2, 0.25) is 11.8 Å². The van der Waals surface area contributed by atoms with Crippen LogP contribution in [-0.4, -0.2) is 24.7 Å². The summed E-state index contributed by atoms with van der Waals surface area (Å²) in [7, 11) is 0. The molecule has 3 N–H and O–H groups in total. The number of aromatic amines is 1. The van der Waals surface area contributed by atoms with E-state index in [4.69, 9.17) is 10.5 Å². The van der Waals surface area contributed by atoms with Gasteiger partial charge in [-0.25, -0.2) is 18.2 Å². The number of nitrogens with one attached hydrogen (secondary N) is 1. The van der Waals surface area contributed by atoms with E-state index in [1.165, 1.54) is 36.4 Å². The highest BCUT2D eigenvalue weighted by Gasteiger charge is 2.22. The standard InChI is InChI=1S/C23H21F3N6O2/c1-3-32-16(10-18(33)31-32)11-34-22-19(14-8-12(2)28-17(9-14)21(25)26)20(29-23(27)30-22)13-4-6-15(24)7-5-13/h4-10,21H,3,11H2,1-2H3,(H,31,33)(H2,27,29,30).